The summed E-state index contributed by atoms with van der Waals surface area (Å²) < 4.78 is 9.78. The van der Waals surface area contributed by atoms with E-state index >= 15 is 0 Å². The van der Waals surface area contributed by atoms with Gasteiger partial charge < -0.3 is 20.1 Å². The van der Waals surface area contributed by atoms with E-state index in [0.717, 1.165) is 17.7 Å². The van der Waals surface area contributed by atoms with Crippen molar-refractivity contribution >= 4 is 29.4 Å². The molecule has 2 atom stereocenters. The molecule has 0 saturated heterocycles. The second-order valence-electron chi connectivity index (χ2n) is 7.24. The van der Waals surface area contributed by atoms with E-state index in [0.29, 0.717) is 23.0 Å². The fraction of sp³-hybridized carbons (Fsp3) is 0.364. The van der Waals surface area contributed by atoms with Crippen LogP contribution in [0, 0.1) is 5.92 Å². The molecular weight excluding hydrogens is 392 g/mol. The first kappa shape index (κ1) is 21.1. The van der Waals surface area contributed by atoms with Gasteiger partial charge in [0.15, 0.2) is 0 Å². The minimum atomic E-state index is -0.791. The maximum absolute atomic E-state index is 13.1. The van der Waals surface area contributed by atoms with Gasteiger partial charge in [-0.2, -0.15) is 0 Å². The van der Waals surface area contributed by atoms with Crippen LogP contribution in [0.5, 0.6) is 5.75 Å². The zero-order chi connectivity index (χ0) is 21.0. The van der Waals surface area contributed by atoms with Gasteiger partial charge in [-0.3, -0.25) is 4.79 Å². The Morgan fingerprint density at radius 2 is 2.03 bits per heavy atom. The lowest BCUT2D eigenvalue weighted by Gasteiger charge is -2.34. The number of hydrogen-bond donors (Lipinski definition) is 1. The molecule has 2 aromatic rings. The lowest BCUT2D eigenvalue weighted by Crippen LogP contribution is -2.48. The first-order valence-corrected chi connectivity index (χ1v) is 10.0. The first-order chi connectivity index (χ1) is 13.9. The smallest absolute Gasteiger partial charge is 0.434 e. The van der Waals surface area contributed by atoms with Gasteiger partial charge in [-0.25, -0.2) is 4.79 Å². The van der Waals surface area contributed by atoms with Crippen LogP contribution < -0.4 is 15.4 Å². The predicted octanol–water partition coefficient (Wildman–Crippen LogP) is 3.97. The van der Waals surface area contributed by atoms with Crippen LogP contribution in [-0.2, 0) is 22.4 Å². The minimum Gasteiger partial charge on any atom is -0.434 e. The normalized spacial score (nSPS) is 16.7. The Morgan fingerprint density at radius 3 is 2.76 bits per heavy atom. The Balaban J connectivity index is 1.71. The van der Waals surface area contributed by atoms with E-state index < -0.39 is 12.2 Å². The highest BCUT2D eigenvalue weighted by Crippen LogP contribution is 2.30. The molecule has 1 aliphatic rings. The third-order valence-corrected chi connectivity index (χ3v) is 5.21. The van der Waals surface area contributed by atoms with Crippen LogP contribution in [0.1, 0.15) is 25.0 Å². The Morgan fingerprint density at radius 1 is 1.28 bits per heavy atom. The number of halogens is 1. The molecule has 0 radical (unpaired) electrons. The number of ether oxygens (including phenoxy) is 2. The number of benzene rings is 2. The average molecular weight is 417 g/mol. The molecule has 3 rings (SSSR count). The molecule has 0 bridgehead atoms. The fourth-order valence-electron chi connectivity index (χ4n) is 3.53. The van der Waals surface area contributed by atoms with Crippen LogP contribution in [0.25, 0.3) is 0 Å². The van der Waals surface area contributed by atoms with E-state index in [4.69, 9.17) is 26.8 Å². The van der Waals surface area contributed by atoms with Gasteiger partial charge in [0.05, 0.1) is 12.6 Å². The first-order valence-electron chi connectivity index (χ1n) is 9.67. The summed E-state index contributed by atoms with van der Waals surface area (Å²) in [5.74, 6) is 0.506. The molecule has 1 aliphatic heterocycles. The number of nitrogens with zero attached hydrogens (tertiary/aromatic N) is 1. The number of anilines is 1. The number of para-hydroxylation sites is 1. The zero-order valence-electron chi connectivity index (χ0n) is 16.6. The standard InChI is InChI=1S/C22H25ClN2O4/c1-3-28-22(27)29-17-9-8-15(18(23)12-17)11-19(24)21(26)25-13-14(2)10-16-6-4-5-7-20(16)25/h4-9,12,14,19H,3,10-11,13,24H2,1-2H3. The van der Waals surface area contributed by atoms with Crippen molar-refractivity contribution < 1.29 is 19.1 Å². The number of carbonyl (C=O) groups is 2. The third-order valence-electron chi connectivity index (χ3n) is 4.86. The van der Waals surface area contributed by atoms with Crippen molar-refractivity contribution in [2.75, 3.05) is 18.1 Å². The van der Waals surface area contributed by atoms with Crippen LogP contribution in [0.15, 0.2) is 42.5 Å². The topological polar surface area (TPSA) is 81.9 Å². The average Bonchev–Trinajstić information content (AvgIpc) is 2.68. The Labute approximate surface area is 175 Å². The van der Waals surface area contributed by atoms with Crippen LogP contribution in [-0.4, -0.2) is 31.3 Å². The maximum atomic E-state index is 13.1. The summed E-state index contributed by atoms with van der Waals surface area (Å²) in [5.41, 5.74) is 9.05. The van der Waals surface area contributed by atoms with Crippen LogP contribution in [0.2, 0.25) is 5.02 Å². The lowest BCUT2D eigenvalue weighted by molar-refractivity contribution is -0.120. The van der Waals surface area contributed by atoms with Crippen LogP contribution in [0.4, 0.5) is 10.5 Å². The van der Waals surface area contributed by atoms with Crippen molar-refractivity contribution in [3.63, 3.8) is 0 Å². The fourth-order valence-corrected chi connectivity index (χ4v) is 3.78. The van der Waals surface area contributed by atoms with Gasteiger partial charge in [0.25, 0.3) is 0 Å². The van der Waals surface area contributed by atoms with Crippen molar-refractivity contribution in [2.24, 2.45) is 11.7 Å². The van der Waals surface area contributed by atoms with Crippen LogP contribution >= 0.6 is 11.6 Å². The van der Waals surface area contributed by atoms with Crippen molar-refractivity contribution in [2.45, 2.75) is 32.7 Å². The monoisotopic (exact) mass is 416 g/mol. The number of nitrogens with two attached hydrogens (primary N) is 1. The second kappa shape index (κ2) is 9.29. The van der Waals surface area contributed by atoms with Crippen molar-refractivity contribution in [3.05, 3.63) is 58.6 Å². The molecule has 154 valence electrons. The SMILES string of the molecule is CCOC(=O)Oc1ccc(CC(N)C(=O)N2CC(C)Cc3ccccc32)c(Cl)c1. The van der Waals surface area contributed by atoms with Gasteiger partial charge in [0.2, 0.25) is 5.91 Å². The van der Waals surface area contributed by atoms with E-state index in [1.54, 1.807) is 24.0 Å². The molecule has 1 heterocycles. The zero-order valence-corrected chi connectivity index (χ0v) is 17.3. The highest BCUT2D eigenvalue weighted by Gasteiger charge is 2.29. The van der Waals surface area contributed by atoms with Gasteiger partial charge >= 0.3 is 6.16 Å². The molecular formula is C22H25ClN2O4. The molecule has 0 aromatic heterocycles. The minimum absolute atomic E-state index is 0.132. The molecule has 29 heavy (non-hydrogen) atoms. The third kappa shape index (κ3) is 5.08. The summed E-state index contributed by atoms with van der Waals surface area (Å²) in [6, 6.07) is 12.0. The Bertz CT molecular complexity index is 902. The summed E-state index contributed by atoms with van der Waals surface area (Å²) in [6.07, 6.45) is 0.439. The van der Waals surface area contributed by atoms with Gasteiger partial charge in [-0.15, -0.1) is 0 Å². The van der Waals surface area contributed by atoms with Gasteiger partial charge in [0, 0.05) is 17.3 Å². The molecule has 2 aromatic carbocycles. The predicted molar refractivity (Wildman–Crippen MR) is 112 cm³/mol. The van der Waals surface area contributed by atoms with E-state index in [1.807, 2.05) is 18.2 Å². The number of hydrogen-bond acceptors (Lipinski definition) is 5. The van der Waals surface area contributed by atoms with Crippen molar-refractivity contribution in [1.29, 1.82) is 0 Å². The number of rotatable bonds is 5. The molecule has 6 nitrogen and oxygen atoms in total. The molecule has 0 aliphatic carbocycles. The van der Waals surface area contributed by atoms with E-state index in [9.17, 15) is 9.59 Å². The molecule has 1 amide bonds. The van der Waals surface area contributed by atoms with E-state index in [-0.39, 0.29) is 24.7 Å². The maximum Gasteiger partial charge on any atom is 0.513 e. The lowest BCUT2D eigenvalue weighted by atomic mass is 9.93. The van der Waals surface area contributed by atoms with E-state index in [2.05, 4.69) is 13.0 Å². The molecule has 2 N–H and O–H groups in total. The number of fused-ring (bicyclic) bond motifs is 1. The van der Waals surface area contributed by atoms with Crippen molar-refractivity contribution in [3.8, 4) is 5.75 Å². The van der Waals surface area contributed by atoms with Crippen LogP contribution in [0.3, 0.4) is 0 Å². The largest absolute Gasteiger partial charge is 0.513 e. The summed E-state index contributed by atoms with van der Waals surface area (Å²) >= 11 is 6.32. The summed E-state index contributed by atoms with van der Waals surface area (Å²) in [4.78, 5) is 26.3. The molecule has 2 unspecified atom stereocenters. The Kier molecular flexibility index (Phi) is 6.77. The van der Waals surface area contributed by atoms with Gasteiger partial charge in [0.1, 0.15) is 5.75 Å². The number of carbonyl (C=O) groups excluding carboxylic acids is 2. The molecule has 0 fully saturated rings. The Hall–Kier alpha value is -2.57. The number of amides is 1. The van der Waals surface area contributed by atoms with E-state index in [1.165, 1.54) is 6.07 Å². The highest BCUT2D eigenvalue weighted by molar-refractivity contribution is 6.31. The summed E-state index contributed by atoms with van der Waals surface area (Å²) in [6.45, 7) is 4.68. The van der Waals surface area contributed by atoms with Gasteiger partial charge in [-0.05, 0) is 55.0 Å². The second-order valence-corrected chi connectivity index (χ2v) is 7.64. The van der Waals surface area contributed by atoms with Gasteiger partial charge in [-0.1, -0.05) is 42.8 Å². The molecule has 0 spiro atoms. The van der Waals surface area contributed by atoms with Crippen molar-refractivity contribution in [1.82, 2.24) is 0 Å². The molecule has 0 saturated carbocycles. The quantitative estimate of drug-likeness (QED) is 0.589. The molecule has 7 heteroatoms. The summed E-state index contributed by atoms with van der Waals surface area (Å²) in [5, 5.41) is 0.377. The highest BCUT2D eigenvalue weighted by atomic mass is 35.5. The summed E-state index contributed by atoms with van der Waals surface area (Å²) in [7, 11) is 0.